The van der Waals surface area contributed by atoms with Gasteiger partial charge in [0.2, 0.25) is 0 Å². The molecule has 1 aromatic carbocycles. The first-order valence-electron chi connectivity index (χ1n) is 7.44. The van der Waals surface area contributed by atoms with Crippen LogP contribution in [0.2, 0.25) is 0 Å². The van der Waals surface area contributed by atoms with E-state index in [0.29, 0.717) is 19.3 Å². The quantitative estimate of drug-likeness (QED) is 0.634. The van der Waals surface area contributed by atoms with Gasteiger partial charge in [0, 0.05) is 12.6 Å². The summed E-state index contributed by atoms with van der Waals surface area (Å²) in [6, 6.07) is 8.46. The predicted octanol–water partition coefficient (Wildman–Crippen LogP) is 3.36. The molecule has 0 amide bonds. The second kappa shape index (κ2) is 10.2. The van der Waals surface area contributed by atoms with Crippen LogP contribution in [0, 0.1) is 0 Å². The Bertz CT molecular complexity index is 429. The Labute approximate surface area is 128 Å². The van der Waals surface area contributed by atoms with Gasteiger partial charge in [0.15, 0.2) is 0 Å². The molecule has 21 heavy (non-hydrogen) atoms. The number of rotatable bonds is 11. The van der Waals surface area contributed by atoms with Crippen molar-refractivity contribution in [1.82, 2.24) is 5.32 Å². The fourth-order valence-electron chi connectivity index (χ4n) is 1.89. The van der Waals surface area contributed by atoms with Crippen molar-refractivity contribution >= 4 is 0 Å². The summed E-state index contributed by atoms with van der Waals surface area (Å²) in [4.78, 5) is 0. The molecule has 1 atom stereocenters. The van der Waals surface area contributed by atoms with Gasteiger partial charge in [-0.25, -0.2) is 0 Å². The highest BCUT2D eigenvalue weighted by atomic mass is 16.5. The molecule has 0 aliphatic carbocycles. The van der Waals surface area contributed by atoms with Crippen LogP contribution < -0.4 is 10.1 Å². The summed E-state index contributed by atoms with van der Waals surface area (Å²) in [7, 11) is 0. The summed E-state index contributed by atoms with van der Waals surface area (Å²) in [5.41, 5.74) is 1.15. The third-order valence-electron chi connectivity index (χ3n) is 2.97. The van der Waals surface area contributed by atoms with Crippen LogP contribution in [0.1, 0.15) is 19.4 Å². The van der Waals surface area contributed by atoms with Crippen LogP contribution in [0.15, 0.2) is 49.6 Å². The first-order chi connectivity index (χ1) is 10.2. The Morgan fingerprint density at radius 1 is 1.19 bits per heavy atom. The van der Waals surface area contributed by atoms with Crippen LogP contribution in [0.3, 0.4) is 0 Å². The van der Waals surface area contributed by atoms with E-state index in [4.69, 9.17) is 9.47 Å². The van der Waals surface area contributed by atoms with Crippen LogP contribution in [0.5, 0.6) is 5.75 Å². The van der Waals surface area contributed by atoms with Gasteiger partial charge in [-0.15, -0.1) is 13.2 Å². The second-order valence-electron chi connectivity index (χ2n) is 5.22. The lowest BCUT2D eigenvalue weighted by molar-refractivity contribution is 0.0356. The summed E-state index contributed by atoms with van der Waals surface area (Å²) in [6.07, 6.45) is 4.45. The summed E-state index contributed by atoms with van der Waals surface area (Å²) in [5.74, 6) is 0.897. The van der Waals surface area contributed by atoms with Crippen molar-refractivity contribution in [3.8, 4) is 5.75 Å². The van der Waals surface area contributed by atoms with Crippen LogP contribution in [-0.4, -0.2) is 31.9 Å². The van der Waals surface area contributed by atoms with E-state index in [1.807, 2.05) is 24.3 Å². The van der Waals surface area contributed by atoms with Crippen LogP contribution in [0.4, 0.5) is 0 Å². The molecule has 0 bridgehead atoms. The molecule has 0 radical (unpaired) electrons. The number of benzene rings is 1. The minimum Gasteiger partial charge on any atom is -0.491 e. The highest BCUT2D eigenvalue weighted by Crippen LogP contribution is 2.19. The molecule has 0 fully saturated rings. The minimum atomic E-state index is 0.00203. The first kappa shape index (κ1) is 17.5. The van der Waals surface area contributed by atoms with Gasteiger partial charge in [0.05, 0.1) is 6.61 Å². The van der Waals surface area contributed by atoms with Crippen LogP contribution >= 0.6 is 0 Å². The van der Waals surface area contributed by atoms with Crippen LogP contribution in [-0.2, 0) is 11.2 Å². The van der Waals surface area contributed by atoms with Crippen molar-refractivity contribution in [1.29, 1.82) is 0 Å². The van der Waals surface area contributed by atoms with Gasteiger partial charge in [0.1, 0.15) is 18.5 Å². The maximum Gasteiger partial charge on any atom is 0.122 e. The zero-order chi connectivity index (χ0) is 15.5. The maximum absolute atomic E-state index is 5.93. The van der Waals surface area contributed by atoms with Gasteiger partial charge < -0.3 is 14.8 Å². The number of ether oxygens (including phenoxy) is 2. The van der Waals surface area contributed by atoms with Crippen molar-refractivity contribution in [3.63, 3.8) is 0 Å². The van der Waals surface area contributed by atoms with Gasteiger partial charge in [-0.05, 0) is 18.1 Å². The van der Waals surface area contributed by atoms with Crippen molar-refractivity contribution in [2.24, 2.45) is 0 Å². The second-order valence-corrected chi connectivity index (χ2v) is 5.22. The van der Waals surface area contributed by atoms with E-state index in [1.165, 1.54) is 0 Å². The molecular weight excluding hydrogens is 262 g/mol. The minimum absolute atomic E-state index is 0.00203. The first-order valence-corrected chi connectivity index (χ1v) is 7.44. The molecule has 3 nitrogen and oxygen atoms in total. The molecule has 0 aliphatic heterocycles. The third kappa shape index (κ3) is 7.11. The molecule has 0 saturated carbocycles. The number of allylic oxidation sites excluding steroid dienone is 1. The fourth-order valence-corrected chi connectivity index (χ4v) is 1.89. The fraction of sp³-hybridized carbons (Fsp3) is 0.444. The molecule has 0 heterocycles. The predicted molar refractivity (Wildman–Crippen MR) is 88.9 cm³/mol. The average molecular weight is 289 g/mol. The Kier molecular flexibility index (Phi) is 8.48. The molecule has 3 heteroatoms. The normalized spacial score (nSPS) is 12.1. The maximum atomic E-state index is 5.93. The zero-order valence-corrected chi connectivity index (χ0v) is 13.2. The van der Waals surface area contributed by atoms with Gasteiger partial charge in [-0.1, -0.05) is 44.2 Å². The number of para-hydroxylation sites is 1. The molecule has 0 spiro atoms. The molecule has 0 saturated heterocycles. The zero-order valence-electron chi connectivity index (χ0n) is 13.2. The van der Waals surface area contributed by atoms with Crippen LogP contribution in [0.25, 0.3) is 0 Å². The molecule has 0 aliphatic rings. The lowest BCUT2D eigenvalue weighted by atomic mass is 10.1. The summed E-state index contributed by atoms with van der Waals surface area (Å²) < 4.78 is 11.7. The highest BCUT2D eigenvalue weighted by molar-refractivity contribution is 5.34. The Hall–Kier alpha value is -1.58. The lowest BCUT2D eigenvalue weighted by Crippen LogP contribution is -2.37. The van der Waals surface area contributed by atoms with E-state index in [9.17, 15) is 0 Å². The molecule has 1 unspecified atom stereocenters. The van der Waals surface area contributed by atoms with Gasteiger partial charge in [-0.2, -0.15) is 0 Å². The SMILES string of the molecule is C=CCOC(CNC(C)C)COc1ccccc1CC=C. The molecule has 1 aromatic rings. The van der Waals surface area contributed by atoms with E-state index in [0.717, 1.165) is 24.3 Å². The monoisotopic (exact) mass is 289 g/mol. The molecular formula is C18H27NO2. The molecule has 1 N–H and O–H groups in total. The largest absolute Gasteiger partial charge is 0.491 e. The van der Waals surface area contributed by atoms with E-state index < -0.39 is 0 Å². The molecule has 0 aromatic heterocycles. The average Bonchev–Trinajstić information content (AvgIpc) is 2.48. The highest BCUT2D eigenvalue weighted by Gasteiger charge is 2.11. The number of hydrogen-bond donors (Lipinski definition) is 1. The summed E-state index contributed by atoms with van der Waals surface area (Å²) in [6.45, 7) is 13.5. The Morgan fingerprint density at radius 2 is 1.95 bits per heavy atom. The Balaban J connectivity index is 2.58. The van der Waals surface area contributed by atoms with Crippen molar-refractivity contribution in [2.45, 2.75) is 32.4 Å². The van der Waals surface area contributed by atoms with Gasteiger partial charge >= 0.3 is 0 Å². The van der Waals surface area contributed by atoms with Gasteiger partial charge in [0.25, 0.3) is 0 Å². The van der Waals surface area contributed by atoms with Crippen molar-refractivity contribution in [2.75, 3.05) is 19.8 Å². The standard InChI is InChI=1S/C18H27NO2/c1-5-9-16-10-7-8-11-18(16)21-14-17(20-12-6-2)13-19-15(3)4/h5-8,10-11,15,17,19H,1-2,9,12-14H2,3-4H3. The number of hydrogen-bond acceptors (Lipinski definition) is 3. The topological polar surface area (TPSA) is 30.5 Å². The Morgan fingerprint density at radius 3 is 2.62 bits per heavy atom. The molecule has 1 rings (SSSR count). The van der Waals surface area contributed by atoms with E-state index >= 15 is 0 Å². The van der Waals surface area contributed by atoms with E-state index in [1.54, 1.807) is 6.08 Å². The molecule has 116 valence electrons. The third-order valence-corrected chi connectivity index (χ3v) is 2.97. The number of nitrogens with one attached hydrogen (secondary N) is 1. The van der Waals surface area contributed by atoms with E-state index in [2.05, 4.69) is 38.4 Å². The van der Waals surface area contributed by atoms with Crippen molar-refractivity contribution < 1.29 is 9.47 Å². The lowest BCUT2D eigenvalue weighted by Gasteiger charge is -2.20. The summed E-state index contributed by atoms with van der Waals surface area (Å²) in [5, 5.41) is 3.38. The van der Waals surface area contributed by atoms with Gasteiger partial charge in [-0.3, -0.25) is 0 Å². The smallest absolute Gasteiger partial charge is 0.122 e. The van der Waals surface area contributed by atoms with Crippen molar-refractivity contribution in [3.05, 3.63) is 55.1 Å². The summed E-state index contributed by atoms with van der Waals surface area (Å²) >= 11 is 0. The van der Waals surface area contributed by atoms with E-state index in [-0.39, 0.29) is 6.10 Å².